The van der Waals surface area contributed by atoms with E-state index in [1.807, 2.05) is 0 Å². The fraction of sp³-hybridized carbons (Fsp3) is 0.524. The first-order valence-corrected chi connectivity index (χ1v) is 10.4. The summed E-state index contributed by atoms with van der Waals surface area (Å²) >= 11 is 0. The number of methoxy groups -OCH3 is 1. The van der Waals surface area contributed by atoms with E-state index in [2.05, 4.69) is 15.4 Å². The smallest absolute Gasteiger partial charge is 0.321 e. The first-order valence-electron chi connectivity index (χ1n) is 10.4. The number of anilines is 1. The standard InChI is InChI=1S/C21H28N4O6/c1-30-18(26)8-9-22-19(27)15-4-6-16(7-5-15)23-21(29)25-12-10-24(11-13-25)20(28)17-3-2-14-31-17/h4-7,17H,2-3,8-14H2,1H3,(H,22,27)(H,23,29). The van der Waals surface area contributed by atoms with Crippen LogP contribution in [0.15, 0.2) is 24.3 Å². The second kappa shape index (κ2) is 10.8. The van der Waals surface area contributed by atoms with Gasteiger partial charge in [0.15, 0.2) is 0 Å². The minimum absolute atomic E-state index is 0.0120. The Labute approximate surface area is 180 Å². The maximum Gasteiger partial charge on any atom is 0.321 e. The molecule has 0 aliphatic carbocycles. The number of ether oxygens (including phenoxy) is 2. The maximum absolute atomic E-state index is 12.5. The molecule has 31 heavy (non-hydrogen) atoms. The molecule has 0 saturated carbocycles. The third-order valence-electron chi connectivity index (χ3n) is 5.32. The van der Waals surface area contributed by atoms with Crippen molar-refractivity contribution in [1.82, 2.24) is 15.1 Å². The van der Waals surface area contributed by atoms with Crippen LogP contribution in [0.2, 0.25) is 0 Å². The van der Waals surface area contributed by atoms with E-state index in [9.17, 15) is 19.2 Å². The predicted octanol–water partition coefficient (Wildman–Crippen LogP) is 0.835. The van der Waals surface area contributed by atoms with E-state index < -0.39 is 5.97 Å². The van der Waals surface area contributed by atoms with Crippen LogP contribution in [0.25, 0.3) is 0 Å². The van der Waals surface area contributed by atoms with Crippen molar-refractivity contribution in [3.8, 4) is 0 Å². The van der Waals surface area contributed by atoms with Gasteiger partial charge in [-0.15, -0.1) is 0 Å². The average Bonchev–Trinajstić information content (AvgIpc) is 3.34. The minimum atomic E-state index is -0.393. The van der Waals surface area contributed by atoms with Crippen LogP contribution in [0.5, 0.6) is 0 Å². The van der Waals surface area contributed by atoms with Gasteiger partial charge < -0.3 is 29.9 Å². The van der Waals surface area contributed by atoms with Crippen molar-refractivity contribution in [2.24, 2.45) is 0 Å². The summed E-state index contributed by atoms with van der Waals surface area (Å²) in [6.45, 7) is 2.68. The zero-order chi connectivity index (χ0) is 22.2. The number of hydrogen-bond acceptors (Lipinski definition) is 6. The molecule has 10 heteroatoms. The van der Waals surface area contributed by atoms with Gasteiger partial charge >= 0.3 is 12.0 Å². The molecule has 2 saturated heterocycles. The number of rotatable bonds is 6. The third-order valence-corrected chi connectivity index (χ3v) is 5.32. The van der Waals surface area contributed by atoms with E-state index in [1.54, 1.807) is 34.1 Å². The normalized spacial score (nSPS) is 18.4. The number of esters is 1. The molecular weight excluding hydrogens is 404 g/mol. The number of nitrogens with zero attached hydrogens (tertiary/aromatic N) is 2. The van der Waals surface area contributed by atoms with Crippen molar-refractivity contribution in [3.63, 3.8) is 0 Å². The van der Waals surface area contributed by atoms with Gasteiger partial charge in [0.1, 0.15) is 6.10 Å². The van der Waals surface area contributed by atoms with Crippen molar-refractivity contribution in [1.29, 1.82) is 0 Å². The summed E-state index contributed by atoms with van der Waals surface area (Å²) in [5.41, 5.74) is 0.984. The van der Waals surface area contributed by atoms with Crippen LogP contribution >= 0.6 is 0 Å². The van der Waals surface area contributed by atoms with Crippen molar-refractivity contribution in [3.05, 3.63) is 29.8 Å². The quantitative estimate of drug-likeness (QED) is 0.643. The highest BCUT2D eigenvalue weighted by Gasteiger charge is 2.31. The van der Waals surface area contributed by atoms with E-state index in [0.29, 0.717) is 44.0 Å². The van der Waals surface area contributed by atoms with Crippen LogP contribution in [0.4, 0.5) is 10.5 Å². The topological polar surface area (TPSA) is 117 Å². The van der Waals surface area contributed by atoms with Gasteiger partial charge in [-0.2, -0.15) is 0 Å². The number of amides is 4. The largest absolute Gasteiger partial charge is 0.469 e. The van der Waals surface area contributed by atoms with Gasteiger partial charge in [0.25, 0.3) is 11.8 Å². The van der Waals surface area contributed by atoms with Crippen molar-refractivity contribution in [2.45, 2.75) is 25.4 Å². The van der Waals surface area contributed by atoms with Gasteiger partial charge in [0, 0.05) is 50.6 Å². The Morgan fingerprint density at radius 1 is 1.06 bits per heavy atom. The summed E-state index contributed by atoms with van der Waals surface area (Å²) in [5.74, 6) is -0.692. The summed E-state index contributed by atoms with van der Waals surface area (Å²) in [6, 6.07) is 6.23. The van der Waals surface area contributed by atoms with Crippen LogP contribution in [0.3, 0.4) is 0 Å². The van der Waals surface area contributed by atoms with Crippen LogP contribution in [-0.4, -0.2) is 86.2 Å². The number of piperazine rings is 1. The molecule has 4 amide bonds. The number of nitrogens with one attached hydrogen (secondary N) is 2. The molecule has 168 valence electrons. The Morgan fingerprint density at radius 2 is 1.74 bits per heavy atom. The zero-order valence-electron chi connectivity index (χ0n) is 17.6. The number of urea groups is 1. The molecule has 1 unspecified atom stereocenters. The number of carbonyl (C=O) groups excluding carboxylic acids is 4. The number of carbonyl (C=O) groups is 4. The fourth-order valence-corrected chi connectivity index (χ4v) is 3.50. The summed E-state index contributed by atoms with van der Waals surface area (Å²) in [4.78, 5) is 51.5. The third kappa shape index (κ3) is 6.17. The van der Waals surface area contributed by atoms with E-state index >= 15 is 0 Å². The summed E-state index contributed by atoms with van der Waals surface area (Å²) < 4.78 is 9.97. The summed E-state index contributed by atoms with van der Waals surface area (Å²) in [6.07, 6.45) is 1.44. The highest BCUT2D eigenvalue weighted by Crippen LogP contribution is 2.17. The number of benzene rings is 1. The molecule has 1 aromatic carbocycles. The van der Waals surface area contributed by atoms with Gasteiger partial charge in [-0.05, 0) is 37.1 Å². The van der Waals surface area contributed by atoms with Crippen LogP contribution in [0, 0.1) is 0 Å². The molecule has 2 aliphatic rings. The summed E-state index contributed by atoms with van der Waals surface area (Å²) in [7, 11) is 1.29. The Hall–Kier alpha value is -3.14. The Kier molecular flexibility index (Phi) is 7.82. The first-order chi connectivity index (χ1) is 15.0. The first kappa shape index (κ1) is 22.5. The molecule has 0 spiro atoms. The van der Waals surface area contributed by atoms with Crippen LogP contribution in [-0.2, 0) is 19.1 Å². The lowest BCUT2D eigenvalue weighted by Crippen LogP contribution is -2.53. The van der Waals surface area contributed by atoms with Gasteiger partial charge in [0.05, 0.1) is 13.5 Å². The van der Waals surface area contributed by atoms with Crippen molar-refractivity contribution < 1.29 is 28.7 Å². The molecular formula is C21H28N4O6. The van der Waals surface area contributed by atoms with E-state index in [1.165, 1.54) is 7.11 Å². The maximum atomic E-state index is 12.5. The van der Waals surface area contributed by atoms with Gasteiger partial charge in [-0.3, -0.25) is 14.4 Å². The molecule has 10 nitrogen and oxygen atoms in total. The van der Waals surface area contributed by atoms with Gasteiger partial charge in [0.2, 0.25) is 0 Å². The van der Waals surface area contributed by atoms with Crippen LogP contribution < -0.4 is 10.6 Å². The molecule has 2 fully saturated rings. The average molecular weight is 432 g/mol. The summed E-state index contributed by atoms with van der Waals surface area (Å²) in [5, 5.41) is 5.44. The Morgan fingerprint density at radius 3 is 2.35 bits per heavy atom. The van der Waals surface area contributed by atoms with Crippen molar-refractivity contribution in [2.75, 3.05) is 51.8 Å². The minimum Gasteiger partial charge on any atom is -0.469 e. The SMILES string of the molecule is COC(=O)CCNC(=O)c1ccc(NC(=O)N2CCN(C(=O)C3CCCO3)CC2)cc1. The van der Waals surface area contributed by atoms with Crippen LogP contribution in [0.1, 0.15) is 29.6 Å². The molecule has 0 aromatic heterocycles. The zero-order valence-corrected chi connectivity index (χ0v) is 17.6. The van der Waals surface area contributed by atoms with E-state index in [4.69, 9.17) is 4.74 Å². The lowest BCUT2D eigenvalue weighted by atomic mass is 10.2. The highest BCUT2D eigenvalue weighted by molar-refractivity contribution is 5.95. The molecule has 0 radical (unpaired) electrons. The predicted molar refractivity (Wildman–Crippen MR) is 112 cm³/mol. The lowest BCUT2D eigenvalue weighted by molar-refractivity contribution is -0.142. The second-order valence-corrected chi connectivity index (χ2v) is 7.40. The van der Waals surface area contributed by atoms with E-state index in [0.717, 1.165) is 12.8 Å². The molecule has 2 aliphatic heterocycles. The number of hydrogen-bond donors (Lipinski definition) is 2. The van der Waals surface area contributed by atoms with E-state index in [-0.39, 0.29) is 36.9 Å². The molecule has 2 heterocycles. The fourth-order valence-electron chi connectivity index (χ4n) is 3.50. The van der Waals surface area contributed by atoms with Gasteiger partial charge in [-0.25, -0.2) is 4.79 Å². The Balaban J connectivity index is 1.43. The molecule has 1 aromatic rings. The lowest BCUT2D eigenvalue weighted by Gasteiger charge is -2.35. The Bertz CT molecular complexity index is 799. The second-order valence-electron chi connectivity index (χ2n) is 7.40. The highest BCUT2D eigenvalue weighted by atomic mass is 16.5. The van der Waals surface area contributed by atoms with Crippen molar-refractivity contribution >= 4 is 29.5 Å². The molecule has 2 N–H and O–H groups in total. The molecule has 1 atom stereocenters. The molecule has 3 rings (SSSR count). The molecule has 0 bridgehead atoms. The van der Waals surface area contributed by atoms with Gasteiger partial charge in [-0.1, -0.05) is 0 Å². The monoisotopic (exact) mass is 432 g/mol.